The van der Waals surface area contributed by atoms with E-state index in [2.05, 4.69) is 14.9 Å². The van der Waals surface area contributed by atoms with E-state index in [0.29, 0.717) is 18.1 Å². The SMILES string of the molecule is COc1cc(Cl)ccc1S(=O)(=O)NC(c1n[nH]c(=O)o1)C(C)c1cccc2c1CCO2. The predicted octanol–water partition coefficient (Wildman–Crippen LogP) is 2.78. The summed E-state index contributed by atoms with van der Waals surface area (Å²) in [4.78, 5) is 11.5. The van der Waals surface area contributed by atoms with Gasteiger partial charge in [0.25, 0.3) is 0 Å². The fourth-order valence-electron chi connectivity index (χ4n) is 3.69. The van der Waals surface area contributed by atoms with E-state index in [1.807, 2.05) is 25.1 Å². The number of methoxy groups -OCH3 is 1. The van der Waals surface area contributed by atoms with Gasteiger partial charge in [-0.05, 0) is 23.8 Å². The highest BCUT2D eigenvalue weighted by Crippen LogP contribution is 2.38. The number of nitrogens with one attached hydrogen (secondary N) is 2. The molecule has 0 spiro atoms. The van der Waals surface area contributed by atoms with Crippen molar-refractivity contribution in [3.63, 3.8) is 0 Å². The van der Waals surface area contributed by atoms with Crippen LogP contribution in [0.1, 0.15) is 35.9 Å². The maximum atomic E-state index is 13.3. The van der Waals surface area contributed by atoms with Gasteiger partial charge in [-0.2, -0.15) is 4.72 Å². The zero-order valence-corrected chi connectivity index (χ0v) is 18.3. The van der Waals surface area contributed by atoms with Gasteiger partial charge in [0.1, 0.15) is 22.4 Å². The van der Waals surface area contributed by atoms with E-state index in [1.54, 1.807) is 0 Å². The van der Waals surface area contributed by atoms with Crippen LogP contribution in [-0.4, -0.2) is 32.3 Å². The van der Waals surface area contributed by atoms with Gasteiger partial charge >= 0.3 is 5.76 Å². The van der Waals surface area contributed by atoms with Crippen molar-refractivity contribution < 1.29 is 22.3 Å². The van der Waals surface area contributed by atoms with Crippen LogP contribution in [0, 0.1) is 0 Å². The number of H-pyrrole nitrogens is 1. The Kier molecular flexibility index (Phi) is 5.78. The molecule has 2 unspecified atom stereocenters. The lowest BCUT2D eigenvalue weighted by Crippen LogP contribution is -2.32. The van der Waals surface area contributed by atoms with E-state index >= 15 is 0 Å². The number of sulfonamides is 1. The highest BCUT2D eigenvalue weighted by molar-refractivity contribution is 7.89. The number of fused-ring (bicyclic) bond motifs is 1. The minimum absolute atomic E-state index is 0.0782. The van der Waals surface area contributed by atoms with Crippen molar-refractivity contribution in [1.29, 1.82) is 0 Å². The molecule has 2 heterocycles. The topological polar surface area (TPSA) is 124 Å². The highest BCUT2D eigenvalue weighted by atomic mass is 35.5. The number of hydrogen-bond acceptors (Lipinski definition) is 7. The van der Waals surface area contributed by atoms with Gasteiger partial charge in [-0.1, -0.05) is 30.7 Å². The summed E-state index contributed by atoms with van der Waals surface area (Å²) < 4.78 is 45.1. The van der Waals surface area contributed by atoms with Gasteiger partial charge in [0.2, 0.25) is 15.9 Å². The highest BCUT2D eigenvalue weighted by Gasteiger charge is 2.34. The van der Waals surface area contributed by atoms with Crippen LogP contribution in [0.3, 0.4) is 0 Å². The summed E-state index contributed by atoms with van der Waals surface area (Å²) in [7, 11) is -2.75. The molecule has 0 bridgehead atoms. The standard InChI is InChI=1S/C20H20ClN3O6S/c1-11(13-4-3-5-15-14(13)8-9-29-15)18(19-22-23-20(25)30-19)24-31(26,27)17-7-6-12(21)10-16(17)28-2/h3-7,10-11,18,24H,8-9H2,1-2H3,(H,23,25). The summed E-state index contributed by atoms with van der Waals surface area (Å²) in [5.41, 5.74) is 1.86. The molecule has 164 valence electrons. The molecule has 31 heavy (non-hydrogen) atoms. The number of nitrogens with zero attached hydrogens (tertiary/aromatic N) is 1. The van der Waals surface area contributed by atoms with Gasteiger partial charge in [-0.15, -0.1) is 5.10 Å². The smallest absolute Gasteiger partial charge is 0.434 e. The minimum atomic E-state index is -4.11. The molecule has 2 aromatic carbocycles. The second-order valence-corrected chi connectivity index (χ2v) is 9.18. The number of aromatic amines is 1. The number of hydrogen-bond donors (Lipinski definition) is 2. The number of aromatic nitrogens is 2. The molecule has 1 aliphatic rings. The molecule has 0 aliphatic carbocycles. The molecule has 0 fully saturated rings. The van der Waals surface area contributed by atoms with Crippen LogP contribution in [0.15, 0.2) is 50.5 Å². The van der Waals surface area contributed by atoms with Crippen molar-refractivity contribution in [3.05, 3.63) is 69.0 Å². The Morgan fingerprint density at radius 1 is 1.29 bits per heavy atom. The van der Waals surface area contributed by atoms with E-state index in [0.717, 1.165) is 16.9 Å². The van der Waals surface area contributed by atoms with Crippen LogP contribution in [-0.2, 0) is 16.4 Å². The Balaban J connectivity index is 1.77. The van der Waals surface area contributed by atoms with Crippen molar-refractivity contribution in [1.82, 2.24) is 14.9 Å². The fraction of sp³-hybridized carbons (Fsp3) is 0.300. The molecule has 0 saturated heterocycles. The molecule has 0 radical (unpaired) electrons. The average molecular weight is 466 g/mol. The summed E-state index contributed by atoms with van der Waals surface area (Å²) in [6.45, 7) is 2.38. The van der Waals surface area contributed by atoms with Crippen LogP contribution in [0.5, 0.6) is 11.5 Å². The second kappa shape index (κ2) is 8.37. The molecule has 4 rings (SSSR count). The van der Waals surface area contributed by atoms with E-state index in [9.17, 15) is 13.2 Å². The third-order valence-corrected chi connectivity index (χ3v) is 6.90. The third kappa shape index (κ3) is 4.18. The lowest BCUT2D eigenvalue weighted by Gasteiger charge is -2.24. The largest absolute Gasteiger partial charge is 0.495 e. The molecule has 11 heteroatoms. The Labute approximate surface area is 183 Å². The monoisotopic (exact) mass is 465 g/mol. The maximum absolute atomic E-state index is 13.3. The average Bonchev–Trinajstić information content (AvgIpc) is 3.39. The number of rotatable bonds is 7. The second-order valence-electron chi connectivity index (χ2n) is 7.06. The van der Waals surface area contributed by atoms with Gasteiger partial charge in [0.15, 0.2) is 0 Å². The summed E-state index contributed by atoms with van der Waals surface area (Å²) in [6, 6.07) is 8.83. The van der Waals surface area contributed by atoms with E-state index < -0.39 is 27.7 Å². The first kappa shape index (κ1) is 21.4. The molecule has 0 amide bonds. The first-order valence-electron chi connectivity index (χ1n) is 9.46. The zero-order chi connectivity index (χ0) is 22.2. The summed E-state index contributed by atoms with van der Waals surface area (Å²) >= 11 is 5.96. The molecule has 2 N–H and O–H groups in total. The summed E-state index contributed by atoms with van der Waals surface area (Å²) in [5.74, 6) is -0.448. The Morgan fingerprint density at radius 2 is 2.10 bits per heavy atom. The lowest BCUT2D eigenvalue weighted by atomic mass is 9.89. The normalized spacial score (nSPS) is 15.2. The molecule has 3 aromatic rings. The van der Waals surface area contributed by atoms with Crippen molar-refractivity contribution in [3.8, 4) is 11.5 Å². The molecular weight excluding hydrogens is 446 g/mol. The maximum Gasteiger partial charge on any atom is 0.434 e. The molecule has 9 nitrogen and oxygen atoms in total. The number of benzene rings is 2. The van der Waals surface area contributed by atoms with Crippen molar-refractivity contribution in [2.75, 3.05) is 13.7 Å². The minimum Gasteiger partial charge on any atom is -0.495 e. The van der Waals surface area contributed by atoms with Crippen molar-refractivity contribution in [2.24, 2.45) is 0 Å². The van der Waals surface area contributed by atoms with Crippen LogP contribution in [0.2, 0.25) is 5.02 Å². The van der Waals surface area contributed by atoms with Crippen LogP contribution < -0.4 is 20.0 Å². The molecular formula is C20H20ClN3O6S. The van der Waals surface area contributed by atoms with Crippen LogP contribution >= 0.6 is 11.6 Å². The van der Waals surface area contributed by atoms with Gasteiger partial charge in [0, 0.05) is 29.0 Å². The van der Waals surface area contributed by atoms with Gasteiger partial charge in [-0.25, -0.2) is 18.3 Å². The Morgan fingerprint density at radius 3 is 2.81 bits per heavy atom. The number of halogens is 1. The van der Waals surface area contributed by atoms with E-state index in [4.69, 9.17) is 25.5 Å². The molecule has 1 aromatic heterocycles. The lowest BCUT2D eigenvalue weighted by molar-refractivity contribution is 0.357. The first-order valence-corrected chi connectivity index (χ1v) is 11.3. The quantitative estimate of drug-likeness (QED) is 0.549. The Hall–Kier alpha value is -2.82. The third-order valence-electron chi connectivity index (χ3n) is 5.19. The van der Waals surface area contributed by atoms with Crippen LogP contribution in [0.25, 0.3) is 0 Å². The number of ether oxygens (including phenoxy) is 2. The summed E-state index contributed by atoms with van der Waals surface area (Å²) in [6.07, 6.45) is 0.699. The van der Waals surface area contributed by atoms with E-state index in [1.165, 1.54) is 25.3 Å². The first-order chi connectivity index (χ1) is 14.8. The van der Waals surface area contributed by atoms with Gasteiger partial charge in [-0.3, -0.25) is 0 Å². The van der Waals surface area contributed by atoms with Crippen LogP contribution in [0.4, 0.5) is 0 Å². The van der Waals surface area contributed by atoms with Crippen molar-refractivity contribution >= 4 is 21.6 Å². The summed E-state index contributed by atoms with van der Waals surface area (Å²) in [5, 5.41) is 6.40. The van der Waals surface area contributed by atoms with Gasteiger partial charge in [0.05, 0.1) is 13.7 Å². The molecule has 0 saturated carbocycles. The molecule has 2 atom stereocenters. The zero-order valence-electron chi connectivity index (χ0n) is 16.7. The van der Waals surface area contributed by atoms with Crippen molar-refractivity contribution in [2.45, 2.75) is 30.2 Å². The fourth-order valence-corrected chi connectivity index (χ4v) is 5.27. The Bertz CT molecular complexity index is 1270. The van der Waals surface area contributed by atoms with E-state index in [-0.39, 0.29) is 16.5 Å². The molecule has 1 aliphatic heterocycles. The predicted molar refractivity (Wildman–Crippen MR) is 112 cm³/mol. The van der Waals surface area contributed by atoms with Gasteiger partial charge < -0.3 is 13.9 Å².